The van der Waals surface area contributed by atoms with Crippen molar-refractivity contribution < 1.29 is 19.1 Å². The van der Waals surface area contributed by atoms with Gasteiger partial charge in [0.15, 0.2) is 0 Å². The SMILES string of the molecule is CCCN1C(=O)[C@H](CCCNC(=O)OCc2ccccc2)NC(=O)C12CCN(CCCCCCc1ccccc1)CC2. The molecule has 0 saturated carbocycles. The molecule has 2 aliphatic rings. The van der Waals surface area contributed by atoms with Crippen molar-refractivity contribution in [3.8, 4) is 0 Å². The number of benzene rings is 2. The molecule has 2 aliphatic heterocycles. The Bertz CT molecular complexity index is 1120. The fourth-order valence-electron chi connectivity index (χ4n) is 6.20. The van der Waals surface area contributed by atoms with Gasteiger partial charge in [-0.2, -0.15) is 0 Å². The molecule has 2 N–H and O–H groups in total. The van der Waals surface area contributed by atoms with Crippen molar-refractivity contribution in [3.63, 3.8) is 0 Å². The van der Waals surface area contributed by atoms with E-state index in [0.717, 1.165) is 38.0 Å². The van der Waals surface area contributed by atoms with Crippen LogP contribution in [0.5, 0.6) is 0 Å². The van der Waals surface area contributed by atoms with Crippen LogP contribution in [0.1, 0.15) is 75.8 Å². The zero-order valence-corrected chi connectivity index (χ0v) is 25.2. The lowest BCUT2D eigenvalue weighted by molar-refractivity contribution is -0.161. The third kappa shape index (κ3) is 8.81. The Morgan fingerprint density at radius 3 is 2.26 bits per heavy atom. The van der Waals surface area contributed by atoms with E-state index in [0.29, 0.717) is 38.8 Å². The first-order chi connectivity index (χ1) is 20.5. The molecule has 228 valence electrons. The predicted molar refractivity (Wildman–Crippen MR) is 165 cm³/mol. The van der Waals surface area contributed by atoms with Gasteiger partial charge >= 0.3 is 6.09 Å². The highest BCUT2D eigenvalue weighted by Crippen LogP contribution is 2.34. The van der Waals surface area contributed by atoms with Crippen LogP contribution in [0.3, 0.4) is 0 Å². The Kier molecular flexibility index (Phi) is 12.2. The second kappa shape index (κ2) is 16.3. The Morgan fingerprint density at radius 1 is 0.905 bits per heavy atom. The van der Waals surface area contributed by atoms with Crippen LogP contribution in [0.2, 0.25) is 0 Å². The molecule has 0 aliphatic carbocycles. The van der Waals surface area contributed by atoms with E-state index in [9.17, 15) is 14.4 Å². The molecule has 2 heterocycles. The van der Waals surface area contributed by atoms with E-state index in [1.807, 2.05) is 35.2 Å². The summed E-state index contributed by atoms with van der Waals surface area (Å²) in [7, 11) is 0. The lowest BCUT2D eigenvalue weighted by Crippen LogP contribution is -2.72. The molecule has 2 aromatic carbocycles. The summed E-state index contributed by atoms with van der Waals surface area (Å²) in [5.74, 6) is -0.00804. The van der Waals surface area contributed by atoms with E-state index >= 15 is 0 Å². The first kappa shape index (κ1) is 31.5. The molecule has 0 bridgehead atoms. The molecule has 4 rings (SSSR count). The second-order valence-corrected chi connectivity index (χ2v) is 11.7. The summed E-state index contributed by atoms with van der Waals surface area (Å²) in [5, 5.41) is 5.80. The molecule has 3 amide bonds. The van der Waals surface area contributed by atoms with Crippen LogP contribution in [0, 0.1) is 0 Å². The van der Waals surface area contributed by atoms with Gasteiger partial charge < -0.3 is 25.2 Å². The average Bonchev–Trinajstić information content (AvgIpc) is 3.02. The standard InChI is InChI=1S/C34H48N4O4/c1-2-23-38-31(39)30(19-13-22-35-33(41)42-27-29-17-10-6-11-18-29)36-32(40)34(38)20-25-37(26-21-34)24-12-4-3-7-14-28-15-8-5-9-16-28/h5-6,8-11,15-18,30H,2-4,7,12-14,19-27H2,1H3,(H,35,41)(H,36,40)/t30-/m0/s1. The molecular weight excluding hydrogens is 528 g/mol. The Labute approximate surface area is 251 Å². The third-order valence-corrected chi connectivity index (χ3v) is 8.62. The van der Waals surface area contributed by atoms with Gasteiger partial charge in [0, 0.05) is 26.2 Å². The minimum Gasteiger partial charge on any atom is -0.445 e. The fraction of sp³-hybridized carbons (Fsp3) is 0.559. The van der Waals surface area contributed by atoms with E-state index in [1.54, 1.807) is 0 Å². The van der Waals surface area contributed by atoms with Gasteiger partial charge in [-0.15, -0.1) is 0 Å². The first-order valence-corrected chi connectivity index (χ1v) is 15.8. The zero-order valence-electron chi connectivity index (χ0n) is 25.2. The van der Waals surface area contributed by atoms with E-state index < -0.39 is 17.7 Å². The molecule has 2 saturated heterocycles. The molecule has 2 aromatic rings. The molecule has 8 nitrogen and oxygen atoms in total. The maximum Gasteiger partial charge on any atom is 0.407 e. The number of nitrogens with zero attached hydrogens (tertiary/aromatic N) is 2. The molecule has 1 atom stereocenters. The minimum atomic E-state index is -0.741. The summed E-state index contributed by atoms with van der Waals surface area (Å²) in [6.07, 6.45) is 8.73. The summed E-state index contributed by atoms with van der Waals surface area (Å²) in [5.41, 5.74) is 1.59. The van der Waals surface area contributed by atoms with Crippen LogP contribution < -0.4 is 10.6 Å². The number of unbranched alkanes of at least 4 members (excludes halogenated alkanes) is 3. The van der Waals surface area contributed by atoms with Crippen molar-refractivity contribution in [2.45, 2.75) is 89.3 Å². The van der Waals surface area contributed by atoms with Crippen LogP contribution in [-0.4, -0.2) is 72.0 Å². The molecule has 0 radical (unpaired) electrons. The van der Waals surface area contributed by atoms with Gasteiger partial charge in [0.1, 0.15) is 18.2 Å². The monoisotopic (exact) mass is 576 g/mol. The summed E-state index contributed by atoms with van der Waals surface area (Å²) >= 11 is 0. The number of ether oxygens (including phenoxy) is 1. The number of carbonyl (C=O) groups is 3. The van der Waals surface area contributed by atoms with Gasteiger partial charge in [0.25, 0.3) is 0 Å². The highest BCUT2D eigenvalue weighted by molar-refractivity contribution is 6.00. The van der Waals surface area contributed by atoms with Crippen molar-refractivity contribution in [1.82, 2.24) is 20.4 Å². The zero-order chi connectivity index (χ0) is 29.6. The maximum atomic E-state index is 13.6. The van der Waals surface area contributed by atoms with Crippen molar-refractivity contribution in [2.75, 3.05) is 32.7 Å². The van der Waals surface area contributed by atoms with Crippen molar-refractivity contribution in [1.29, 1.82) is 0 Å². The van der Waals surface area contributed by atoms with E-state index in [4.69, 9.17) is 4.74 Å². The highest BCUT2D eigenvalue weighted by Gasteiger charge is 2.52. The maximum absolute atomic E-state index is 13.6. The largest absolute Gasteiger partial charge is 0.445 e. The normalized spacial score (nSPS) is 18.6. The summed E-state index contributed by atoms with van der Waals surface area (Å²) in [6, 6.07) is 19.6. The van der Waals surface area contributed by atoms with Crippen molar-refractivity contribution >= 4 is 17.9 Å². The second-order valence-electron chi connectivity index (χ2n) is 11.7. The number of piperidine rings is 1. The van der Waals surface area contributed by atoms with Crippen LogP contribution in [0.4, 0.5) is 4.79 Å². The van der Waals surface area contributed by atoms with Gasteiger partial charge in [-0.1, -0.05) is 80.4 Å². The quantitative estimate of drug-likeness (QED) is 0.289. The number of nitrogens with one attached hydrogen (secondary N) is 2. The first-order valence-electron chi connectivity index (χ1n) is 15.8. The Morgan fingerprint density at radius 2 is 1.57 bits per heavy atom. The van der Waals surface area contributed by atoms with Gasteiger partial charge in [0.2, 0.25) is 11.8 Å². The molecule has 0 unspecified atom stereocenters. The van der Waals surface area contributed by atoms with E-state index in [1.165, 1.54) is 31.2 Å². The summed E-state index contributed by atoms with van der Waals surface area (Å²) < 4.78 is 5.25. The number of hydrogen-bond acceptors (Lipinski definition) is 5. The number of alkyl carbamates (subject to hydrolysis) is 1. The number of rotatable bonds is 15. The average molecular weight is 577 g/mol. The van der Waals surface area contributed by atoms with E-state index in [2.05, 4.69) is 52.8 Å². The fourth-order valence-corrected chi connectivity index (χ4v) is 6.20. The van der Waals surface area contributed by atoms with Crippen LogP contribution in [0.15, 0.2) is 60.7 Å². The van der Waals surface area contributed by atoms with E-state index in [-0.39, 0.29) is 18.4 Å². The Hall–Kier alpha value is -3.39. The van der Waals surface area contributed by atoms with Crippen molar-refractivity contribution in [3.05, 3.63) is 71.8 Å². The molecule has 1 spiro atoms. The number of amides is 3. The van der Waals surface area contributed by atoms with Crippen LogP contribution >= 0.6 is 0 Å². The molecule has 0 aromatic heterocycles. The van der Waals surface area contributed by atoms with Crippen LogP contribution in [-0.2, 0) is 27.4 Å². The van der Waals surface area contributed by atoms with Crippen molar-refractivity contribution in [2.24, 2.45) is 0 Å². The molecule has 42 heavy (non-hydrogen) atoms. The van der Waals surface area contributed by atoms with Crippen LogP contribution in [0.25, 0.3) is 0 Å². The van der Waals surface area contributed by atoms with Gasteiger partial charge in [-0.25, -0.2) is 4.79 Å². The Balaban J connectivity index is 1.16. The van der Waals surface area contributed by atoms with Gasteiger partial charge in [-0.3, -0.25) is 9.59 Å². The molecule has 2 fully saturated rings. The number of carbonyl (C=O) groups excluding carboxylic acids is 3. The summed E-state index contributed by atoms with van der Waals surface area (Å²) in [6.45, 7) is 5.97. The predicted octanol–water partition coefficient (Wildman–Crippen LogP) is 5.07. The lowest BCUT2D eigenvalue weighted by Gasteiger charge is -2.51. The van der Waals surface area contributed by atoms with Gasteiger partial charge in [-0.05, 0) is 69.0 Å². The smallest absolute Gasteiger partial charge is 0.407 e. The minimum absolute atomic E-state index is 0.00923. The lowest BCUT2D eigenvalue weighted by atomic mass is 9.81. The molecule has 8 heteroatoms. The van der Waals surface area contributed by atoms with Gasteiger partial charge in [0.05, 0.1) is 0 Å². The number of aryl methyl sites for hydroxylation is 1. The highest BCUT2D eigenvalue weighted by atomic mass is 16.5. The number of hydrogen-bond donors (Lipinski definition) is 2. The number of piperazine rings is 1. The summed E-state index contributed by atoms with van der Waals surface area (Å²) in [4.78, 5) is 43.4. The topological polar surface area (TPSA) is 91.0 Å². The number of likely N-dealkylation sites (tertiary alicyclic amines) is 1. The third-order valence-electron chi connectivity index (χ3n) is 8.62. The molecular formula is C34H48N4O4.